The van der Waals surface area contributed by atoms with Crippen LogP contribution in [0.4, 0.5) is 0 Å². The van der Waals surface area contributed by atoms with Gasteiger partial charge in [-0.2, -0.15) is 5.26 Å². The van der Waals surface area contributed by atoms with Gasteiger partial charge in [-0.3, -0.25) is 0 Å². The lowest BCUT2D eigenvalue weighted by Gasteiger charge is -2.45. The molecule has 7 atom stereocenters. The second-order valence-corrected chi connectivity index (χ2v) is 6.29. The van der Waals surface area contributed by atoms with Crippen molar-refractivity contribution in [2.45, 2.75) is 50.3 Å². The average molecular weight is 331 g/mol. The Morgan fingerprint density at radius 3 is 2.75 bits per heavy atom. The Kier molecular flexibility index (Phi) is 4.53. The SMILES string of the molecule is CCO[C@H]1C[C@@H]2[C@H](O1)[C@@H]1O[C@H](c3ccccc3)OC[C@H]1O[C@H]2C#N. The van der Waals surface area contributed by atoms with E-state index in [2.05, 4.69) is 6.07 Å². The number of benzene rings is 1. The van der Waals surface area contributed by atoms with Crippen molar-refractivity contribution in [1.82, 2.24) is 0 Å². The van der Waals surface area contributed by atoms with Gasteiger partial charge >= 0.3 is 0 Å². The minimum Gasteiger partial charge on any atom is -0.354 e. The second kappa shape index (κ2) is 6.79. The molecule has 1 aromatic carbocycles. The molecular formula is C18H21NO5. The Balaban J connectivity index is 1.54. The first kappa shape index (κ1) is 16.0. The van der Waals surface area contributed by atoms with Crippen LogP contribution in [0.15, 0.2) is 30.3 Å². The smallest absolute Gasteiger partial charge is 0.184 e. The molecule has 128 valence electrons. The summed E-state index contributed by atoms with van der Waals surface area (Å²) in [6.07, 6.45) is -1.36. The Labute approximate surface area is 141 Å². The summed E-state index contributed by atoms with van der Waals surface area (Å²) in [6.45, 7) is 2.89. The highest BCUT2D eigenvalue weighted by Gasteiger charge is 2.55. The van der Waals surface area contributed by atoms with E-state index < -0.39 is 12.4 Å². The van der Waals surface area contributed by atoms with Gasteiger partial charge < -0.3 is 23.7 Å². The highest BCUT2D eigenvalue weighted by atomic mass is 16.7. The monoisotopic (exact) mass is 331 g/mol. The lowest BCUT2D eigenvalue weighted by molar-refractivity contribution is -0.317. The minimum absolute atomic E-state index is 0.0395. The van der Waals surface area contributed by atoms with Gasteiger partial charge in [0.2, 0.25) is 0 Å². The molecule has 3 saturated heterocycles. The van der Waals surface area contributed by atoms with Crippen LogP contribution in [0, 0.1) is 17.2 Å². The van der Waals surface area contributed by atoms with E-state index >= 15 is 0 Å². The van der Waals surface area contributed by atoms with E-state index in [1.165, 1.54) is 0 Å². The van der Waals surface area contributed by atoms with E-state index in [1.54, 1.807) is 0 Å². The molecule has 0 saturated carbocycles. The fourth-order valence-electron chi connectivity index (χ4n) is 3.75. The molecule has 0 unspecified atom stereocenters. The molecule has 6 nitrogen and oxygen atoms in total. The Hall–Kier alpha value is -1.49. The maximum absolute atomic E-state index is 9.42. The zero-order valence-electron chi connectivity index (χ0n) is 13.5. The van der Waals surface area contributed by atoms with Crippen LogP contribution in [0.1, 0.15) is 25.2 Å². The third kappa shape index (κ3) is 2.83. The molecule has 0 amide bonds. The lowest BCUT2D eigenvalue weighted by atomic mass is 9.86. The summed E-state index contributed by atoms with van der Waals surface area (Å²) < 4.78 is 29.6. The molecule has 0 N–H and O–H groups in total. The average Bonchev–Trinajstić information content (AvgIpc) is 3.06. The van der Waals surface area contributed by atoms with Crippen molar-refractivity contribution in [3.8, 4) is 6.07 Å². The largest absolute Gasteiger partial charge is 0.354 e. The van der Waals surface area contributed by atoms with Crippen molar-refractivity contribution < 1.29 is 23.7 Å². The van der Waals surface area contributed by atoms with E-state index in [0.29, 0.717) is 19.6 Å². The molecule has 4 rings (SSSR count). The molecule has 0 aromatic heterocycles. The lowest BCUT2D eigenvalue weighted by Crippen LogP contribution is -2.57. The summed E-state index contributed by atoms with van der Waals surface area (Å²) in [6, 6.07) is 12.1. The van der Waals surface area contributed by atoms with Gasteiger partial charge in [0.25, 0.3) is 0 Å². The Morgan fingerprint density at radius 2 is 2.00 bits per heavy atom. The van der Waals surface area contributed by atoms with Gasteiger partial charge in [0.05, 0.1) is 18.8 Å². The van der Waals surface area contributed by atoms with Crippen molar-refractivity contribution in [3.63, 3.8) is 0 Å². The summed E-state index contributed by atoms with van der Waals surface area (Å²) in [5.41, 5.74) is 0.967. The molecule has 3 fully saturated rings. The van der Waals surface area contributed by atoms with Gasteiger partial charge in [0.15, 0.2) is 12.6 Å². The summed E-state index contributed by atoms with van der Waals surface area (Å²) in [5, 5.41) is 9.42. The van der Waals surface area contributed by atoms with Crippen molar-refractivity contribution in [2.75, 3.05) is 13.2 Å². The number of fused-ring (bicyclic) bond motifs is 3. The van der Waals surface area contributed by atoms with Gasteiger partial charge in [-0.25, -0.2) is 0 Å². The summed E-state index contributed by atoms with van der Waals surface area (Å²) >= 11 is 0. The van der Waals surface area contributed by atoms with Gasteiger partial charge in [0, 0.05) is 24.5 Å². The van der Waals surface area contributed by atoms with Gasteiger partial charge in [-0.05, 0) is 6.92 Å². The van der Waals surface area contributed by atoms with Crippen molar-refractivity contribution in [3.05, 3.63) is 35.9 Å². The number of rotatable bonds is 3. The topological polar surface area (TPSA) is 69.9 Å². The van der Waals surface area contributed by atoms with Crippen LogP contribution in [-0.2, 0) is 23.7 Å². The molecule has 0 bridgehead atoms. The molecular weight excluding hydrogens is 310 g/mol. The van der Waals surface area contributed by atoms with Crippen LogP contribution < -0.4 is 0 Å². The molecule has 0 aliphatic carbocycles. The summed E-state index contributed by atoms with van der Waals surface area (Å²) in [7, 11) is 0. The van der Waals surface area contributed by atoms with E-state index in [9.17, 15) is 5.26 Å². The zero-order valence-corrected chi connectivity index (χ0v) is 13.5. The predicted octanol–water partition coefficient (Wildman–Crippen LogP) is 2.16. The fourth-order valence-corrected chi connectivity index (χ4v) is 3.75. The molecule has 0 spiro atoms. The number of ether oxygens (including phenoxy) is 5. The number of hydrogen-bond donors (Lipinski definition) is 0. The summed E-state index contributed by atoms with van der Waals surface area (Å²) in [4.78, 5) is 0. The van der Waals surface area contributed by atoms with Gasteiger partial charge in [-0.1, -0.05) is 30.3 Å². The fraction of sp³-hybridized carbons (Fsp3) is 0.611. The van der Waals surface area contributed by atoms with Crippen LogP contribution in [0.2, 0.25) is 0 Å². The molecule has 1 aromatic rings. The van der Waals surface area contributed by atoms with Crippen molar-refractivity contribution in [1.29, 1.82) is 5.26 Å². The maximum Gasteiger partial charge on any atom is 0.184 e. The molecule has 0 radical (unpaired) electrons. The predicted molar refractivity (Wildman–Crippen MR) is 82.7 cm³/mol. The Morgan fingerprint density at radius 1 is 1.17 bits per heavy atom. The van der Waals surface area contributed by atoms with E-state index in [4.69, 9.17) is 23.7 Å². The van der Waals surface area contributed by atoms with E-state index in [1.807, 2.05) is 37.3 Å². The van der Waals surface area contributed by atoms with Gasteiger partial charge in [0.1, 0.15) is 18.3 Å². The van der Waals surface area contributed by atoms with Crippen LogP contribution in [0.3, 0.4) is 0 Å². The molecule has 3 aliphatic heterocycles. The second-order valence-electron chi connectivity index (χ2n) is 6.29. The number of nitriles is 1. The first-order chi connectivity index (χ1) is 11.8. The van der Waals surface area contributed by atoms with Crippen LogP contribution in [0.25, 0.3) is 0 Å². The third-order valence-electron chi connectivity index (χ3n) is 4.84. The highest BCUT2D eigenvalue weighted by Crippen LogP contribution is 2.43. The molecule has 6 heteroatoms. The molecule has 3 heterocycles. The van der Waals surface area contributed by atoms with Crippen LogP contribution in [0.5, 0.6) is 0 Å². The first-order valence-electron chi connectivity index (χ1n) is 8.44. The van der Waals surface area contributed by atoms with Gasteiger partial charge in [-0.15, -0.1) is 0 Å². The quantitative estimate of drug-likeness (QED) is 0.845. The molecule has 3 aliphatic rings. The summed E-state index contributed by atoms with van der Waals surface area (Å²) in [5.74, 6) is -0.0395. The normalized spacial score (nSPS) is 41.2. The van der Waals surface area contributed by atoms with E-state index in [-0.39, 0.29) is 30.5 Å². The molecule has 24 heavy (non-hydrogen) atoms. The highest BCUT2D eigenvalue weighted by molar-refractivity contribution is 5.17. The van der Waals surface area contributed by atoms with E-state index in [0.717, 1.165) is 5.56 Å². The zero-order chi connectivity index (χ0) is 16.5. The number of hydrogen-bond acceptors (Lipinski definition) is 6. The minimum atomic E-state index is -0.512. The van der Waals surface area contributed by atoms with Crippen molar-refractivity contribution >= 4 is 0 Å². The standard InChI is InChI=1S/C18H21NO5/c1-2-20-15-8-12-13(9-19)22-14-10-21-18(11-6-4-3-5-7-11)24-17(14)16(12)23-15/h3-7,12-18H,2,8,10H2,1H3/t12-,13-,14+,15+,16-,17+,18+/m0/s1. The van der Waals surface area contributed by atoms with Crippen LogP contribution >= 0.6 is 0 Å². The third-order valence-corrected chi connectivity index (χ3v) is 4.84. The first-order valence-corrected chi connectivity index (χ1v) is 8.44. The number of nitrogens with zero attached hydrogens (tertiary/aromatic N) is 1. The maximum atomic E-state index is 9.42. The van der Waals surface area contributed by atoms with Crippen molar-refractivity contribution in [2.24, 2.45) is 5.92 Å². The Bertz CT molecular complexity index is 603. The van der Waals surface area contributed by atoms with Crippen LogP contribution in [-0.4, -0.2) is 43.9 Å².